The van der Waals surface area contributed by atoms with Gasteiger partial charge >= 0.3 is 0 Å². The second-order valence-corrected chi connectivity index (χ2v) is 3.99. The molecule has 1 rings (SSSR count). The largest absolute Gasteiger partial charge is 0.512 e. The van der Waals surface area contributed by atoms with E-state index in [4.69, 9.17) is 0 Å². The Balaban J connectivity index is 2.75. The van der Waals surface area contributed by atoms with Gasteiger partial charge in [0.25, 0.3) is 0 Å². The molecule has 0 aliphatic heterocycles. The van der Waals surface area contributed by atoms with Crippen molar-refractivity contribution in [3.63, 3.8) is 0 Å². The average molecular weight is 176 g/mol. The summed E-state index contributed by atoms with van der Waals surface area (Å²) in [5.74, 6) is 0.247. The molecule has 1 nitrogen and oxygen atoms in total. The second-order valence-electron chi connectivity index (χ2n) is 3.99. The van der Waals surface area contributed by atoms with Crippen LogP contribution >= 0.6 is 0 Å². The van der Waals surface area contributed by atoms with Crippen LogP contribution in [-0.4, -0.2) is 5.11 Å². The lowest BCUT2D eigenvalue weighted by Crippen LogP contribution is -2.17. The van der Waals surface area contributed by atoms with E-state index in [0.717, 1.165) is 6.42 Å². The highest BCUT2D eigenvalue weighted by atomic mass is 16.3. The highest BCUT2D eigenvalue weighted by Crippen LogP contribution is 2.27. The molecule has 0 saturated carbocycles. The summed E-state index contributed by atoms with van der Waals surface area (Å²) in [4.78, 5) is 0. The van der Waals surface area contributed by atoms with Crippen molar-refractivity contribution in [3.05, 3.63) is 48.2 Å². The van der Waals surface area contributed by atoms with Crippen LogP contribution in [0.25, 0.3) is 0 Å². The maximum absolute atomic E-state index is 9.35. The molecule has 0 spiro atoms. The molecule has 0 heterocycles. The molecule has 0 amide bonds. The highest BCUT2D eigenvalue weighted by molar-refractivity contribution is 5.18. The monoisotopic (exact) mass is 176 g/mol. The van der Waals surface area contributed by atoms with Gasteiger partial charge < -0.3 is 5.11 Å². The third-order valence-electron chi connectivity index (χ3n) is 2.27. The van der Waals surface area contributed by atoms with Crippen molar-refractivity contribution in [1.82, 2.24) is 0 Å². The van der Waals surface area contributed by atoms with E-state index in [1.807, 2.05) is 32.0 Å². The van der Waals surface area contributed by atoms with E-state index in [0.29, 0.717) is 0 Å². The van der Waals surface area contributed by atoms with Crippen LogP contribution in [0.4, 0.5) is 0 Å². The number of hydrogen-bond acceptors (Lipinski definition) is 1. The zero-order chi connectivity index (χ0) is 9.90. The summed E-state index contributed by atoms with van der Waals surface area (Å²) >= 11 is 0. The topological polar surface area (TPSA) is 20.2 Å². The van der Waals surface area contributed by atoms with E-state index in [9.17, 15) is 5.11 Å². The summed E-state index contributed by atoms with van der Waals surface area (Å²) in [5, 5.41) is 9.35. The molecule has 0 bridgehead atoms. The van der Waals surface area contributed by atoms with Crippen molar-refractivity contribution >= 4 is 0 Å². The molecular formula is C12H16O. The normalized spacial score (nSPS) is 11.2. The number of aliphatic hydroxyl groups excluding tert-OH is 1. The number of rotatable bonds is 3. The van der Waals surface area contributed by atoms with Crippen LogP contribution in [0.15, 0.2) is 42.7 Å². The quantitative estimate of drug-likeness (QED) is 0.700. The molecule has 1 N–H and O–H groups in total. The van der Waals surface area contributed by atoms with Crippen molar-refractivity contribution < 1.29 is 5.11 Å². The van der Waals surface area contributed by atoms with Crippen molar-refractivity contribution in [1.29, 1.82) is 0 Å². The summed E-state index contributed by atoms with van der Waals surface area (Å²) in [6.45, 7) is 7.56. The first-order chi connectivity index (χ1) is 6.02. The van der Waals surface area contributed by atoms with Crippen LogP contribution in [0.3, 0.4) is 0 Å². The average Bonchev–Trinajstić information content (AvgIpc) is 2.05. The lowest BCUT2D eigenvalue weighted by Gasteiger charge is -2.22. The van der Waals surface area contributed by atoms with Gasteiger partial charge in [-0.05, 0) is 12.0 Å². The van der Waals surface area contributed by atoms with E-state index in [1.54, 1.807) is 0 Å². The standard InChI is InChI=1S/C12H16O/c1-10(13)12(2,3)9-11-7-5-4-6-8-11/h4-8,13H,1,9H2,2-3H3. The van der Waals surface area contributed by atoms with Gasteiger partial charge in [-0.15, -0.1) is 0 Å². The van der Waals surface area contributed by atoms with E-state index in [-0.39, 0.29) is 11.2 Å². The van der Waals surface area contributed by atoms with Crippen molar-refractivity contribution in [3.8, 4) is 0 Å². The lowest BCUT2D eigenvalue weighted by atomic mass is 9.84. The molecule has 0 fully saturated rings. The first-order valence-electron chi connectivity index (χ1n) is 4.44. The third kappa shape index (κ3) is 2.62. The Hall–Kier alpha value is -1.24. The smallest absolute Gasteiger partial charge is 0.0910 e. The van der Waals surface area contributed by atoms with Gasteiger partial charge in [-0.1, -0.05) is 50.8 Å². The zero-order valence-corrected chi connectivity index (χ0v) is 8.25. The van der Waals surface area contributed by atoms with E-state index in [1.165, 1.54) is 5.56 Å². The van der Waals surface area contributed by atoms with E-state index >= 15 is 0 Å². The molecule has 0 unspecified atom stereocenters. The SMILES string of the molecule is C=C(O)C(C)(C)Cc1ccccc1. The maximum atomic E-state index is 9.35. The lowest BCUT2D eigenvalue weighted by molar-refractivity contribution is 0.259. The second kappa shape index (κ2) is 3.65. The van der Waals surface area contributed by atoms with Crippen LogP contribution < -0.4 is 0 Å². The summed E-state index contributed by atoms with van der Waals surface area (Å²) in [7, 11) is 0. The van der Waals surface area contributed by atoms with Crippen LogP contribution in [0.2, 0.25) is 0 Å². The van der Waals surface area contributed by atoms with E-state index in [2.05, 4.69) is 18.7 Å². The zero-order valence-electron chi connectivity index (χ0n) is 8.25. The predicted octanol–water partition coefficient (Wildman–Crippen LogP) is 3.33. The Labute approximate surface area is 79.7 Å². The predicted molar refractivity (Wildman–Crippen MR) is 55.7 cm³/mol. The Morgan fingerprint density at radius 1 is 1.31 bits per heavy atom. The molecule has 0 saturated heterocycles. The Morgan fingerprint density at radius 3 is 2.31 bits per heavy atom. The number of aliphatic hydroxyl groups is 1. The first-order valence-corrected chi connectivity index (χ1v) is 4.44. The molecule has 13 heavy (non-hydrogen) atoms. The summed E-state index contributed by atoms with van der Waals surface area (Å²) in [6, 6.07) is 10.1. The van der Waals surface area contributed by atoms with Gasteiger partial charge in [0.2, 0.25) is 0 Å². The van der Waals surface area contributed by atoms with Crippen LogP contribution in [0.1, 0.15) is 19.4 Å². The minimum atomic E-state index is -0.235. The van der Waals surface area contributed by atoms with Gasteiger partial charge in [0.15, 0.2) is 0 Å². The summed E-state index contributed by atoms with van der Waals surface area (Å²) < 4.78 is 0. The van der Waals surface area contributed by atoms with Gasteiger partial charge in [0, 0.05) is 5.41 Å². The van der Waals surface area contributed by atoms with Gasteiger partial charge in [-0.25, -0.2) is 0 Å². The Bertz CT molecular complexity index is 285. The van der Waals surface area contributed by atoms with Crippen LogP contribution in [0.5, 0.6) is 0 Å². The Morgan fingerprint density at radius 2 is 1.85 bits per heavy atom. The van der Waals surface area contributed by atoms with Crippen LogP contribution in [-0.2, 0) is 6.42 Å². The van der Waals surface area contributed by atoms with E-state index < -0.39 is 0 Å². The highest BCUT2D eigenvalue weighted by Gasteiger charge is 2.21. The molecule has 0 aliphatic carbocycles. The minimum Gasteiger partial charge on any atom is -0.512 e. The summed E-state index contributed by atoms with van der Waals surface area (Å²) in [5.41, 5.74) is 0.990. The molecule has 0 aromatic heterocycles. The fourth-order valence-corrected chi connectivity index (χ4v) is 1.21. The molecule has 0 atom stereocenters. The molecule has 70 valence electrons. The molecule has 0 aliphatic rings. The fraction of sp³-hybridized carbons (Fsp3) is 0.333. The van der Waals surface area contributed by atoms with Crippen molar-refractivity contribution in [2.75, 3.05) is 0 Å². The van der Waals surface area contributed by atoms with Crippen molar-refractivity contribution in [2.24, 2.45) is 5.41 Å². The Kier molecular flexibility index (Phi) is 2.76. The number of benzene rings is 1. The molecule has 1 heteroatoms. The van der Waals surface area contributed by atoms with Gasteiger partial charge in [0.05, 0.1) is 5.76 Å². The first kappa shape index (κ1) is 9.85. The summed E-state index contributed by atoms with van der Waals surface area (Å²) in [6.07, 6.45) is 0.823. The van der Waals surface area contributed by atoms with Gasteiger partial charge in [-0.2, -0.15) is 0 Å². The van der Waals surface area contributed by atoms with Gasteiger partial charge in [0.1, 0.15) is 0 Å². The number of allylic oxidation sites excluding steroid dienone is 1. The molecule has 1 aromatic rings. The van der Waals surface area contributed by atoms with Gasteiger partial charge in [-0.3, -0.25) is 0 Å². The van der Waals surface area contributed by atoms with Crippen molar-refractivity contribution in [2.45, 2.75) is 20.3 Å². The number of hydrogen-bond donors (Lipinski definition) is 1. The molecular weight excluding hydrogens is 160 g/mol. The minimum absolute atomic E-state index is 0.235. The fourth-order valence-electron chi connectivity index (χ4n) is 1.21. The third-order valence-corrected chi connectivity index (χ3v) is 2.27. The molecule has 1 aromatic carbocycles. The maximum Gasteiger partial charge on any atom is 0.0910 e. The molecule has 0 radical (unpaired) electrons. The van der Waals surface area contributed by atoms with Crippen LogP contribution in [0, 0.1) is 5.41 Å².